The highest BCUT2D eigenvalue weighted by Gasteiger charge is 2.35. The minimum absolute atomic E-state index is 0. The first kappa shape index (κ1) is 24.0. The van der Waals surface area contributed by atoms with Gasteiger partial charge in [0.25, 0.3) is 0 Å². The Morgan fingerprint density at radius 1 is 1.22 bits per heavy atom. The number of ether oxygens (including phenoxy) is 2. The maximum Gasteiger partial charge on any atom is 0.191 e. The van der Waals surface area contributed by atoms with Crippen molar-refractivity contribution in [1.82, 2.24) is 10.6 Å². The Morgan fingerprint density at radius 3 is 2.52 bits per heavy atom. The molecule has 1 aromatic carbocycles. The van der Waals surface area contributed by atoms with Crippen molar-refractivity contribution in [2.75, 3.05) is 26.8 Å². The average Bonchev–Trinajstić information content (AvgIpc) is 2.64. The van der Waals surface area contributed by atoms with Crippen LogP contribution in [0.3, 0.4) is 0 Å². The number of hydrogen-bond donors (Lipinski definition) is 2. The second-order valence-corrected chi connectivity index (χ2v) is 7.98. The zero-order chi connectivity index (χ0) is 19.0. The fourth-order valence-electron chi connectivity index (χ4n) is 3.48. The van der Waals surface area contributed by atoms with E-state index in [0.29, 0.717) is 12.5 Å². The van der Waals surface area contributed by atoms with E-state index in [1.54, 1.807) is 7.11 Å². The van der Waals surface area contributed by atoms with E-state index in [-0.39, 0.29) is 35.5 Å². The van der Waals surface area contributed by atoms with Crippen LogP contribution in [-0.4, -0.2) is 38.9 Å². The number of halogens is 1. The SMILES string of the molecule is CCNC(=NCc1ccc(OC)cc1)NCC1CCCOC1C(C)(C)C.I. The lowest BCUT2D eigenvalue weighted by atomic mass is 9.78. The third-order valence-corrected chi connectivity index (χ3v) is 4.75. The van der Waals surface area contributed by atoms with E-state index in [1.807, 2.05) is 12.1 Å². The van der Waals surface area contributed by atoms with Crippen molar-refractivity contribution in [3.8, 4) is 5.75 Å². The van der Waals surface area contributed by atoms with E-state index < -0.39 is 0 Å². The van der Waals surface area contributed by atoms with Crippen LogP contribution in [0.15, 0.2) is 29.3 Å². The number of methoxy groups -OCH3 is 1. The van der Waals surface area contributed by atoms with Gasteiger partial charge in [0.1, 0.15) is 5.75 Å². The summed E-state index contributed by atoms with van der Waals surface area (Å²) in [6.45, 7) is 12.1. The van der Waals surface area contributed by atoms with Gasteiger partial charge in [-0.3, -0.25) is 0 Å². The predicted molar refractivity (Wildman–Crippen MR) is 123 cm³/mol. The monoisotopic (exact) mass is 489 g/mol. The number of guanidine groups is 1. The molecule has 2 N–H and O–H groups in total. The van der Waals surface area contributed by atoms with Crippen LogP contribution in [0.25, 0.3) is 0 Å². The van der Waals surface area contributed by atoms with Crippen LogP contribution < -0.4 is 15.4 Å². The molecule has 0 aliphatic carbocycles. The molecule has 1 heterocycles. The summed E-state index contributed by atoms with van der Waals surface area (Å²) in [5, 5.41) is 6.86. The first-order valence-corrected chi connectivity index (χ1v) is 9.70. The van der Waals surface area contributed by atoms with Gasteiger partial charge in [0, 0.05) is 25.6 Å². The quantitative estimate of drug-likeness (QED) is 0.357. The Hall–Kier alpha value is -1.02. The van der Waals surface area contributed by atoms with Crippen LogP contribution in [0.2, 0.25) is 0 Å². The van der Waals surface area contributed by atoms with E-state index in [0.717, 1.165) is 43.4 Å². The summed E-state index contributed by atoms with van der Waals surface area (Å²) in [6, 6.07) is 8.05. The Labute approximate surface area is 181 Å². The lowest BCUT2D eigenvalue weighted by Gasteiger charge is -2.40. The lowest BCUT2D eigenvalue weighted by Crippen LogP contribution is -2.47. The summed E-state index contributed by atoms with van der Waals surface area (Å²) in [4.78, 5) is 4.72. The topological polar surface area (TPSA) is 54.9 Å². The van der Waals surface area contributed by atoms with Gasteiger partial charge in [-0.25, -0.2) is 4.99 Å². The zero-order valence-electron chi connectivity index (χ0n) is 17.4. The molecular weight excluding hydrogens is 453 g/mol. The lowest BCUT2D eigenvalue weighted by molar-refractivity contribution is -0.0835. The van der Waals surface area contributed by atoms with Gasteiger partial charge in [-0.2, -0.15) is 0 Å². The van der Waals surface area contributed by atoms with Crippen molar-refractivity contribution in [1.29, 1.82) is 0 Å². The number of rotatable bonds is 6. The van der Waals surface area contributed by atoms with Crippen molar-refractivity contribution in [2.45, 2.75) is 53.2 Å². The molecule has 1 fully saturated rings. The summed E-state index contributed by atoms with van der Waals surface area (Å²) in [7, 11) is 1.68. The molecule has 0 radical (unpaired) electrons. The third-order valence-electron chi connectivity index (χ3n) is 4.75. The number of nitrogens with one attached hydrogen (secondary N) is 2. The summed E-state index contributed by atoms with van der Waals surface area (Å²) in [5.41, 5.74) is 1.32. The van der Waals surface area contributed by atoms with Gasteiger partial charge >= 0.3 is 0 Å². The normalized spacial score (nSPS) is 20.6. The molecule has 0 saturated carbocycles. The van der Waals surface area contributed by atoms with Gasteiger partial charge in [0.05, 0.1) is 19.8 Å². The molecule has 2 unspecified atom stereocenters. The molecule has 2 rings (SSSR count). The predicted octanol–water partition coefficient (Wildman–Crippen LogP) is 4.21. The molecule has 0 amide bonds. The Morgan fingerprint density at radius 2 is 1.93 bits per heavy atom. The van der Waals surface area contributed by atoms with Gasteiger partial charge in [-0.15, -0.1) is 24.0 Å². The highest BCUT2D eigenvalue weighted by Crippen LogP contribution is 2.33. The van der Waals surface area contributed by atoms with E-state index in [4.69, 9.17) is 14.5 Å². The molecule has 1 aromatic rings. The molecule has 0 bridgehead atoms. The fourth-order valence-corrected chi connectivity index (χ4v) is 3.48. The van der Waals surface area contributed by atoms with Crippen LogP contribution in [-0.2, 0) is 11.3 Å². The van der Waals surface area contributed by atoms with Crippen molar-refractivity contribution < 1.29 is 9.47 Å². The minimum atomic E-state index is 0. The number of hydrogen-bond acceptors (Lipinski definition) is 3. The molecule has 5 nitrogen and oxygen atoms in total. The number of aliphatic imine (C=N–C) groups is 1. The third kappa shape index (κ3) is 7.86. The minimum Gasteiger partial charge on any atom is -0.497 e. The maximum absolute atomic E-state index is 6.09. The second kappa shape index (κ2) is 11.7. The summed E-state index contributed by atoms with van der Waals surface area (Å²) in [5.74, 6) is 2.24. The first-order valence-electron chi connectivity index (χ1n) is 9.70. The maximum atomic E-state index is 6.09. The molecule has 0 spiro atoms. The highest BCUT2D eigenvalue weighted by molar-refractivity contribution is 14.0. The van der Waals surface area contributed by atoms with E-state index in [2.05, 4.69) is 50.5 Å². The van der Waals surface area contributed by atoms with Gasteiger partial charge in [0.15, 0.2) is 5.96 Å². The smallest absolute Gasteiger partial charge is 0.191 e. The van der Waals surface area contributed by atoms with Crippen LogP contribution >= 0.6 is 24.0 Å². The van der Waals surface area contributed by atoms with E-state index >= 15 is 0 Å². The van der Waals surface area contributed by atoms with Crippen molar-refractivity contribution in [3.63, 3.8) is 0 Å². The van der Waals surface area contributed by atoms with Gasteiger partial charge in [-0.05, 0) is 42.9 Å². The molecule has 6 heteroatoms. The summed E-state index contributed by atoms with van der Waals surface area (Å²) in [6.07, 6.45) is 2.62. The van der Waals surface area contributed by atoms with Gasteiger partial charge in [0.2, 0.25) is 0 Å². The van der Waals surface area contributed by atoms with Gasteiger partial charge in [-0.1, -0.05) is 32.9 Å². The van der Waals surface area contributed by atoms with Crippen molar-refractivity contribution in [3.05, 3.63) is 29.8 Å². The molecular formula is C21H36IN3O2. The molecule has 0 aromatic heterocycles. The molecule has 1 aliphatic rings. The molecule has 2 atom stereocenters. The summed E-state index contributed by atoms with van der Waals surface area (Å²) < 4.78 is 11.3. The highest BCUT2D eigenvalue weighted by atomic mass is 127. The Balaban J connectivity index is 0.00000364. The first-order chi connectivity index (χ1) is 12.4. The largest absolute Gasteiger partial charge is 0.497 e. The van der Waals surface area contributed by atoms with Gasteiger partial charge < -0.3 is 20.1 Å². The molecule has 1 aliphatic heterocycles. The van der Waals surface area contributed by atoms with Crippen LogP contribution in [0, 0.1) is 11.3 Å². The summed E-state index contributed by atoms with van der Waals surface area (Å²) >= 11 is 0. The molecule has 27 heavy (non-hydrogen) atoms. The molecule has 154 valence electrons. The van der Waals surface area contributed by atoms with E-state index in [9.17, 15) is 0 Å². The molecule has 1 saturated heterocycles. The fraction of sp³-hybridized carbons (Fsp3) is 0.667. The van der Waals surface area contributed by atoms with Crippen LogP contribution in [0.1, 0.15) is 46.1 Å². The van der Waals surface area contributed by atoms with Crippen molar-refractivity contribution >= 4 is 29.9 Å². The van der Waals surface area contributed by atoms with E-state index in [1.165, 1.54) is 6.42 Å². The Kier molecular flexibility index (Phi) is 10.4. The zero-order valence-corrected chi connectivity index (χ0v) is 19.7. The average molecular weight is 489 g/mol. The van der Waals surface area contributed by atoms with Crippen LogP contribution in [0.4, 0.5) is 0 Å². The standard InChI is InChI=1S/C21H35N3O2.HI/c1-6-22-20(23-14-16-9-11-18(25-5)12-10-16)24-15-17-8-7-13-26-19(17)21(2,3)4;/h9-12,17,19H,6-8,13-15H2,1-5H3,(H2,22,23,24);1H. The number of benzene rings is 1. The van der Waals surface area contributed by atoms with Crippen molar-refractivity contribution in [2.24, 2.45) is 16.3 Å². The second-order valence-electron chi connectivity index (χ2n) is 7.98. The Bertz CT molecular complexity index is 570. The van der Waals surface area contributed by atoms with Crippen LogP contribution in [0.5, 0.6) is 5.75 Å². The number of nitrogens with zero attached hydrogens (tertiary/aromatic N) is 1.